The second kappa shape index (κ2) is 6.04. The molecule has 5 heteroatoms. The molecule has 19 heavy (non-hydrogen) atoms. The quantitative estimate of drug-likeness (QED) is 0.838. The zero-order valence-corrected chi connectivity index (χ0v) is 11.1. The van der Waals surface area contributed by atoms with Crippen LogP contribution in [0.4, 0.5) is 0 Å². The molecule has 0 aromatic heterocycles. The molecule has 104 valence electrons. The second-order valence-corrected chi connectivity index (χ2v) is 4.78. The van der Waals surface area contributed by atoms with Gasteiger partial charge >= 0.3 is 0 Å². The van der Waals surface area contributed by atoms with E-state index in [2.05, 4.69) is 0 Å². The number of hydrogen-bond donors (Lipinski definition) is 2. The van der Waals surface area contributed by atoms with Crippen molar-refractivity contribution in [2.75, 3.05) is 20.2 Å². The molecule has 0 saturated carbocycles. The number of aliphatic hydroxyl groups excluding tert-OH is 1. The van der Waals surface area contributed by atoms with Gasteiger partial charge in [-0.1, -0.05) is 12.1 Å². The highest BCUT2D eigenvalue weighted by Gasteiger charge is 2.29. The standard InChI is InChI=1S/C14H20N2O3/c1-19-11-6-4-10(5-7-11)13(17)12(15)14(18)16-8-2-3-9-16/h4-7,12-13,17H,2-3,8-9,15H2,1H3/t12-,13+/m0/s1. The number of likely N-dealkylation sites (tertiary alicyclic amines) is 1. The molecule has 1 amide bonds. The minimum Gasteiger partial charge on any atom is -0.497 e. The number of benzene rings is 1. The summed E-state index contributed by atoms with van der Waals surface area (Å²) in [6.45, 7) is 1.48. The van der Waals surface area contributed by atoms with Gasteiger partial charge in [-0.2, -0.15) is 0 Å². The molecule has 1 aliphatic rings. The summed E-state index contributed by atoms with van der Waals surface area (Å²) < 4.78 is 5.05. The van der Waals surface area contributed by atoms with Crippen LogP contribution in [0.3, 0.4) is 0 Å². The number of nitrogens with two attached hydrogens (primary N) is 1. The van der Waals surface area contributed by atoms with Crippen molar-refractivity contribution in [2.24, 2.45) is 5.73 Å². The molecule has 1 saturated heterocycles. The van der Waals surface area contributed by atoms with E-state index < -0.39 is 12.1 Å². The highest BCUT2D eigenvalue weighted by molar-refractivity contribution is 5.82. The Kier molecular flexibility index (Phi) is 4.39. The van der Waals surface area contributed by atoms with Crippen LogP contribution in [-0.2, 0) is 4.79 Å². The first-order valence-corrected chi connectivity index (χ1v) is 6.50. The Morgan fingerprint density at radius 3 is 2.42 bits per heavy atom. The Morgan fingerprint density at radius 1 is 1.32 bits per heavy atom. The first-order chi connectivity index (χ1) is 9.13. The van der Waals surface area contributed by atoms with Gasteiger partial charge in [0.15, 0.2) is 0 Å². The number of rotatable bonds is 4. The van der Waals surface area contributed by atoms with Gasteiger partial charge in [-0.25, -0.2) is 0 Å². The lowest BCUT2D eigenvalue weighted by atomic mass is 10.0. The van der Waals surface area contributed by atoms with Gasteiger partial charge in [-0.05, 0) is 30.5 Å². The van der Waals surface area contributed by atoms with Gasteiger partial charge < -0.3 is 20.5 Å². The molecule has 3 N–H and O–H groups in total. The molecule has 1 aliphatic heterocycles. The van der Waals surface area contributed by atoms with Crippen molar-refractivity contribution >= 4 is 5.91 Å². The number of methoxy groups -OCH3 is 1. The predicted octanol–water partition coefficient (Wildman–Crippen LogP) is 0.678. The van der Waals surface area contributed by atoms with Crippen LogP contribution in [0.5, 0.6) is 5.75 Å². The Bertz CT molecular complexity index is 427. The lowest BCUT2D eigenvalue weighted by Gasteiger charge is -2.24. The maximum Gasteiger partial charge on any atom is 0.242 e. The molecule has 0 aliphatic carbocycles. The van der Waals surface area contributed by atoms with Crippen molar-refractivity contribution in [2.45, 2.75) is 25.0 Å². The lowest BCUT2D eigenvalue weighted by molar-refractivity contribution is -0.134. The molecular formula is C14H20N2O3. The molecule has 1 aromatic carbocycles. The number of nitrogens with zero attached hydrogens (tertiary/aromatic N) is 1. The van der Waals surface area contributed by atoms with Crippen LogP contribution in [0.25, 0.3) is 0 Å². The molecular weight excluding hydrogens is 244 g/mol. The van der Waals surface area contributed by atoms with E-state index in [4.69, 9.17) is 10.5 Å². The fraction of sp³-hybridized carbons (Fsp3) is 0.500. The molecule has 2 atom stereocenters. The van der Waals surface area contributed by atoms with Crippen molar-refractivity contribution in [3.8, 4) is 5.75 Å². The number of ether oxygens (including phenoxy) is 1. The molecule has 5 nitrogen and oxygen atoms in total. The van der Waals surface area contributed by atoms with E-state index in [0.29, 0.717) is 11.3 Å². The number of carbonyl (C=O) groups is 1. The van der Waals surface area contributed by atoms with Crippen LogP contribution in [0.1, 0.15) is 24.5 Å². The third-order valence-electron chi connectivity index (χ3n) is 3.50. The summed E-state index contributed by atoms with van der Waals surface area (Å²) in [5.74, 6) is 0.524. The molecule has 0 bridgehead atoms. The molecule has 1 aromatic rings. The summed E-state index contributed by atoms with van der Waals surface area (Å²) in [6, 6.07) is 6.02. The summed E-state index contributed by atoms with van der Waals surface area (Å²) in [5, 5.41) is 10.2. The van der Waals surface area contributed by atoms with E-state index in [1.54, 1.807) is 36.3 Å². The van der Waals surface area contributed by atoms with Crippen LogP contribution in [0.15, 0.2) is 24.3 Å². The fourth-order valence-electron chi connectivity index (χ4n) is 2.29. The Labute approximate surface area is 113 Å². The number of hydrogen-bond acceptors (Lipinski definition) is 4. The van der Waals surface area contributed by atoms with E-state index in [-0.39, 0.29) is 5.91 Å². The summed E-state index contributed by atoms with van der Waals surface area (Å²) in [5.41, 5.74) is 6.50. The molecule has 0 radical (unpaired) electrons. The fourth-order valence-corrected chi connectivity index (χ4v) is 2.29. The zero-order chi connectivity index (χ0) is 13.8. The highest BCUT2D eigenvalue weighted by atomic mass is 16.5. The molecule has 0 spiro atoms. The van der Waals surface area contributed by atoms with Crippen LogP contribution in [0, 0.1) is 0 Å². The van der Waals surface area contributed by atoms with E-state index in [1.807, 2.05) is 0 Å². The SMILES string of the molecule is COc1ccc([C@@H](O)[C@H](N)C(=O)N2CCCC2)cc1. The van der Waals surface area contributed by atoms with Crippen LogP contribution < -0.4 is 10.5 Å². The predicted molar refractivity (Wildman–Crippen MR) is 71.7 cm³/mol. The monoisotopic (exact) mass is 264 g/mol. The number of aliphatic hydroxyl groups is 1. The zero-order valence-electron chi connectivity index (χ0n) is 11.1. The molecule has 1 fully saturated rings. The number of amides is 1. The van der Waals surface area contributed by atoms with Gasteiger partial charge in [-0.15, -0.1) is 0 Å². The third kappa shape index (κ3) is 3.05. The average Bonchev–Trinajstić information content (AvgIpc) is 2.99. The Morgan fingerprint density at radius 2 is 1.89 bits per heavy atom. The van der Waals surface area contributed by atoms with Gasteiger partial charge in [0.25, 0.3) is 0 Å². The van der Waals surface area contributed by atoms with Crippen LogP contribution in [-0.4, -0.2) is 42.2 Å². The normalized spacial score (nSPS) is 18.2. The summed E-state index contributed by atoms with van der Waals surface area (Å²) in [7, 11) is 1.58. The smallest absolute Gasteiger partial charge is 0.242 e. The minimum atomic E-state index is -0.987. The first kappa shape index (κ1) is 13.8. The Balaban J connectivity index is 2.04. The molecule has 2 rings (SSSR count). The summed E-state index contributed by atoms with van der Waals surface area (Å²) >= 11 is 0. The lowest BCUT2D eigenvalue weighted by Crippen LogP contribution is -2.45. The second-order valence-electron chi connectivity index (χ2n) is 4.78. The van der Waals surface area contributed by atoms with Crippen molar-refractivity contribution in [1.29, 1.82) is 0 Å². The van der Waals surface area contributed by atoms with Gasteiger partial charge in [0.1, 0.15) is 17.9 Å². The van der Waals surface area contributed by atoms with Crippen molar-refractivity contribution in [1.82, 2.24) is 4.90 Å². The first-order valence-electron chi connectivity index (χ1n) is 6.50. The highest BCUT2D eigenvalue weighted by Crippen LogP contribution is 2.21. The third-order valence-corrected chi connectivity index (χ3v) is 3.50. The minimum absolute atomic E-state index is 0.180. The van der Waals surface area contributed by atoms with Gasteiger partial charge in [-0.3, -0.25) is 4.79 Å². The van der Waals surface area contributed by atoms with E-state index in [1.165, 1.54) is 0 Å². The van der Waals surface area contributed by atoms with Gasteiger partial charge in [0.2, 0.25) is 5.91 Å². The summed E-state index contributed by atoms with van der Waals surface area (Å²) in [6.07, 6.45) is 1.03. The maximum atomic E-state index is 12.1. The van der Waals surface area contributed by atoms with Gasteiger partial charge in [0.05, 0.1) is 7.11 Å². The summed E-state index contributed by atoms with van der Waals surface area (Å²) in [4.78, 5) is 13.8. The topological polar surface area (TPSA) is 75.8 Å². The number of carbonyl (C=O) groups excluding carboxylic acids is 1. The van der Waals surface area contributed by atoms with E-state index >= 15 is 0 Å². The van der Waals surface area contributed by atoms with Crippen molar-refractivity contribution < 1.29 is 14.6 Å². The van der Waals surface area contributed by atoms with E-state index in [9.17, 15) is 9.90 Å². The van der Waals surface area contributed by atoms with Crippen molar-refractivity contribution in [3.63, 3.8) is 0 Å². The van der Waals surface area contributed by atoms with Crippen LogP contribution >= 0.6 is 0 Å². The largest absolute Gasteiger partial charge is 0.497 e. The van der Waals surface area contributed by atoms with E-state index in [0.717, 1.165) is 25.9 Å². The van der Waals surface area contributed by atoms with Gasteiger partial charge in [0, 0.05) is 13.1 Å². The average molecular weight is 264 g/mol. The Hall–Kier alpha value is -1.59. The molecule has 0 unspecified atom stereocenters. The van der Waals surface area contributed by atoms with Crippen LogP contribution in [0.2, 0.25) is 0 Å². The maximum absolute atomic E-state index is 12.1. The van der Waals surface area contributed by atoms with Crippen molar-refractivity contribution in [3.05, 3.63) is 29.8 Å². The molecule has 1 heterocycles.